The average Bonchev–Trinajstić information content (AvgIpc) is 2.49. The van der Waals surface area contributed by atoms with Gasteiger partial charge in [-0.1, -0.05) is 0 Å². The molecule has 0 rings (SSSR count). The van der Waals surface area contributed by atoms with Crippen molar-refractivity contribution in [3.8, 4) is 0 Å². The molecule has 0 amide bonds. The Morgan fingerprint density at radius 3 is 1.44 bits per heavy atom. The minimum atomic E-state index is -8.01. The fraction of sp³-hybridized carbons (Fsp3) is 1.00. The summed E-state index contributed by atoms with van der Waals surface area (Å²) >= 11 is -0.304. The molecule has 196 valence electrons. The van der Waals surface area contributed by atoms with Crippen molar-refractivity contribution in [2.45, 2.75) is 53.8 Å². The van der Waals surface area contributed by atoms with Gasteiger partial charge in [-0.15, -0.1) is 11.8 Å². The maximum absolute atomic E-state index is 13.6. The number of nitrogens with zero attached hydrogens (tertiary/aromatic N) is 1. The van der Waals surface area contributed by atoms with Crippen molar-refractivity contribution in [2.24, 2.45) is 0 Å². The van der Waals surface area contributed by atoms with Gasteiger partial charge in [0.25, 0.3) is 0 Å². The van der Waals surface area contributed by atoms with Crippen LogP contribution in [-0.4, -0.2) is 90.4 Å². The molecule has 0 aliphatic rings. The topological polar surface area (TPSA) is 20.2 Å². The van der Waals surface area contributed by atoms with E-state index in [0.29, 0.717) is 0 Å². The number of halogens is 15. The molecule has 0 heterocycles. The summed E-state index contributed by atoms with van der Waals surface area (Å²) in [7, 11) is 4.61. The van der Waals surface area contributed by atoms with Crippen LogP contribution >= 0.6 is 11.8 Å². The molecule has 0 spiro atoms. The summed E-state index contributed by atoms with van der Waals surface area (Å²) in [6.07, 6.45) is -11.8. The van der Waals surface area contributed by atoms with E-state index in [4.69, 9.17) is 0 Å². The van der Waals surface area contributed by atoms with Gasteiger partial charge in [0.1, 0.15) is 12.6 Å². The van der Waals surface area contributed by atoms with Crippen molar-refractivity contribution < 1.29 is 83.5 Å². The second-order valence-electron chi connectivity index (χ2n) is 7.57. The predicted molar refractivity (Wildman–Crippen MR) is 81.7 cm³/mol. The van der Waals surface area contributed by atoms with E-state index in [9.17, 15) is 66.6 Å². The number of hydrogen-bond donors (Lipinski definition) is 1. The van der Waals surface area contributed by atoms with Gasteiger partial charge in [-0.3, -0.25) is 0 Å². The van der Waals surface area contributed by atoms with Gasteiger partial charge in [-0.05, 0) is 0 Å². The van der Waals surface area contributed by atoms with Gasteiger partial charge in [-0.25, -0.2) is 4.39 Å². The van der Waals surface area contributed by atoms with Crippen molar-refractivity contribution in [3.05, 3.63) is 0 Å². The Bertz CT molecular complexity index is 607. The summed E-state index contributed by atoms with van der Waals surface area (Å²) in [5.41, 5.74) is -3.20. The zero-order valence-corrected chi connectivity index (χ0v) is 17.8. The molecule has 0 aliphatic carbocycles. The van der Waals surface area contributed by atoms with E-state index in [1.165, 1.54) is 21.1 Å². The molecule has 0 aromatic rings. The van der Waals surface area contributed by atoms with Crippen molar-refractivity contribution >= 4 is 11.8 Å². The monoisotopic (exact) mass is 549 g/mol. The molecule has 2 unspecified atom stereocenters. The zero-order chi connectivity index (χ0) is 25.5. The van der Waals surface area contributed by atoms with Gasteiger partial charge in [0.15, 0.2) is 5.50 Å². The molecule has 0 saturated heterocycles. The molecular formula is C14H18ClF14NOS. The van der Waals surface area contributed by atoms with Gasteiger partial charge in [-0.2, -0.15) is 57.1 Å². The minimum absolute atomic E-state index is 0. The fourth-order valence-corrected chi connectivity index (χ4v) is 2.95. The largest absolute Gasteiger partial charge is 1.00 e. The number of quaternary nitrogens is 1. The lowest BCUT2D eigenvalue weighted by molar-refractivity contribution is -0.873. The molecule has 0 aromatic heterocycles. The van der Waals surface area contributed by atoms with E-state index >= 15 is 0 Å². The Labute approximate surface area is 183 Å². The molecule has 0 radical (unpaired) electrons. The van der Waals surface area contributed by atoms with Gasteiger partial charge < -0.3 is 22.0 Å². The molecule has 0 saturated carbocycles. The first-order valence-corrected chi connectivity index (χ1v) is 8.99. The third kappa shape index (κ3) is 6.81. The second kappa shape index (κ2) is 10.1. The third-order valence-corrected chi connectivity index (χ3v) is 4.75. The van der Waals surface area contributed by atoms with Gasteiger partial charge in [0.05, 0.1) is 27.6 Å². The number of thioether (sulfide) groups is 1. The first-order valence-electron chi connectivity index (χ1n) is 7.94. The van der Waals surface area contributed by atoms with Crippen LogP contribution in [-0.2, 0) is 0 Å². The highest BCUT2D eigenvalue weighted by atomic mass is 35.5. The highest BCUT2D eigenvalue weighted by Crippen LogP contribution is 2.61. The smallest absolute Gasteiger partial charge is 0.460 e. The summed E-state index contributed by atoms with van der Waals surface area (Å²) < 4.78 is 182. The Morgan fingerprint density at radius 2 is 1.09 bits per heavy atom. The first-order chi connectivity index (χ1) is 13.2. The molecule has 1 N–H and O–H groups in total. The summed E-state index contributed by atoms with van der Waals surface area (Å²) in [4.78, 5) is 0. The Morgan fingerprint density at radius 1 is 0.719 bits per heavy atom. The van der Waals surface area contributed by atoms with Crippen LogP contribution in [0.5, 0.6) is 0 Å². The molecule has 0 aromatic carbocycles. The minimum Gasteiger partial charge on any atom is -1.00 e. The molecule has 32 heavy (non-hydrogen) atoms. The highest BCUT2D eigenvalue weighted by Gasteiger charge is 2.90. The zero-order valence-electron chi connectivity index (χ0n) is 16.2. The summed E-state index contributed by atoms with van der Waals surface area (Å²) in [6.45, 7) is -0.108. The van der Waals surface area contributed by atoms with Gasteiger partial charge in [0.2, 0.25) is 0 Å². The van der Waals surface area contributed by atoms with Crippen LogP contribution in [0.25, 0.3) is 0 Å². The van der Waals surface area contributed by atoms with E-state index in [0.717, 1.165) is 0 Å². The Kier molecular flexibility index (Phi) is 10.6. The second-order valence-corrected chi connectivity index (χ2v) is 8.75. The number of hydrogen-bond acceptors (Lipinski definition) is 2. The van der Waals surface area contributed by atoms with Crippen molar-refractivity contribution in [3.63, 3.8) is 0 Å². The third-order valence-electron chi connectivity index (χ3n) is 3.64. The van der Waals surface area contributed by atoms with Crippen molar-refractivity contribution in [2.75, 3.05) is 33.4 Å². The summed E-state index contributed by atoms with van der Waals surface area (Å²) in [5, 5.41) is 9.55. The Hall–Kier alpha value is -0.420. The van der Waals surface area contributed by atoms with E-state index in [2.05, 4.69) is 0 Å². The fourth-order valence-electron chi connectivity index (χ4n) is 2.09. The van der Waals surface area contributed by atoms with E-state index < -0.39 is 59.6 Å². The number of aliphatic hydroxyl groups is 1. The van der Waals surface area contributed by atoms with E-state index in [1.54, 1.807) is 0 Å². The summed E-state index contributed by atoms with van der Waals surface area (Å²) in [6, 6.07) is 0. The van der Waals surface area contributed by atoms with E-state index in [-0.39, 0.29) is 35.2 Å². The summed E-state index contributed by atoms with van der Waals surface area (Å²) in [5.74, 6) is -38.5. The number of alkyl halides is 14. The van der Waals surface area contributed by atoms with Gasteiger partial charge in [0, 0.05) is 5.75 Å². The number of rotatable bonds is 11. The number of aliphatic hydroxyl groups excluding tert-OH is 1. The van der Waals surface area contributed by atoms with Crippen molar-refractivity contribution in [1.29, 1.82) is 0 Å². The van der Waals surface area contributed by atoms with Gasteiger partial charge >= 0.3 is 35.8 Å². The highest BCUT2D eigenvalue weighted by molar-refractivity contribution is 7.99. The normalized spacial score (nSPS) is 17.1. The molecular weight excluding hydrogens is 532 g/mol. The average molecular weight is 550 g/mol. The lowest BCUT2D eigenvalue weighted by atomic mass is 9.93. The van der Waals surface area contributed by atoms with E-state index in [1.807, 2.05) is 0 Å². The molecule has 0 aliphatic heterocycles. The Balaban J connectivity index is 0. The molecule has 2 nitrogen and oxygen atoms in total. The van der Waals surface area contributed by atoms with Crippen LogP contribution in [0, 0.1) is 0 Å². The van der Waals surface area contributed by atoms with Crippen LogP contribution in [0.1, 0.15) is 6.42 Å². The molecule has 18 heteroatoms. The molecule has 2 atom stereocenters. The first kappa shape index (κ1) is 33.8. The van der Waals surface area contributed by atoms with Crippen LogP contribution in [0.2, 0.25) is 0 Å². The lowest BCUT2D eigenvalue weighted by Crippen LogP contribution is -3.00. The van der Waals surface area contributed by atoms with Crippen LogP contribution < -0.4 is 12.4 Å². The maximum atomic E-state index is 13.6. The van der Waals surface area contributed by atoms with Crippen molar-refractivity contribution in [1.82, 2.24) is 0 Å². The molecule has 0 fully saturated rings. The SMILES string of the molecule is C[N+](C)(C)CC(O)CSC(F)CC(F)(F)C(F)(F)C(F)(F)C(F)(F)C(F)(F)C(F)(F)F.[Cl-]. The standard InChI is InChI=1S/C14H18F14NOS.ClH/c1-29(2,3)5-7(30)6-31-8(15)4-9(16,17)10(18,19)11(20,21)12(22,23)13(24,25)14(26,27)28;/h7-8,30H,4-6H2,1-3H3;1H/q+1;/p-1. The quantitative estimate of drug-likeness (QED) is 0.315. The number of likely N-dealkylation sites (N-methyl/N-ethyl adjacent to an activating group) is 1. The lowest BCUT2D eigenvalue weighted by Gasteiger charge is -2.40. The van der Waals surface area contributed by atoms with Crippen LogP contribution in [0.3, 0.4) is 0 Å². The van der Waals surface area contributed by atoms with Crippen LogP contribution in [0.15, 0.2) is 0 Å². The van der Waals surface area contributed by atoms with Crippen LogP contribution in [0.4, 0.5) is 61.5 Å². The maximum Gasteiger partial charge on any atom is 0.460 e. The molecule has 0 bridgehead atoms. The predicted octanol–water partition coefficient (Wildman–Crippen LogP) is 2.22.